The van der Waals surface area contributed by atoms with Gasteiger partial charge in [0.1, 0.15) is 17.3 Å². The summed E-state index contributed by atoms with van der Waals surface area (Å²) in [5.74, 6) is -9.82. The highest BCUT2D eigenvalue weighted by Crippen LogP contribution is 2.48. The van der Waals surface area contributed by atoms with Crippen molar-refractivity contribution in [2.45, 2.75) is 20.8 Å². The number of hydrogen-bond donors (Lipinski definition) is 6. The number of carboxylic acids is 2. The zero-order valence-electron chi connectivity index (χ0n) is 28.1. The van der Waals surface area contributed by atoms with Crippen molar-refractivity contribution in [3.8, 4) is 11.5 Å². The first-order valence-corrected chi connectivity index (χ1v) is 15.9. The second kappa shape index (κ2) is 14.9. The molecule has 6 N–H and O–H groups in total. The molecule has 13 nitrogen and oxygen atoms in total. The van der Waals surface area contributed by atoms with Crippen LogP contribution in [0, 0.1) is 37.5 Å². The Labute approximate surface area is 293 Å². The molecular weight excluding hydrogens is 656 g/mol. The van der Waals surface area contributed by atoms with Gasteiger partial charge in [0.25, 0.3) is 11.8 Å². The highest BCUT2D eigenvalue weighted by molar-refractivity contribution is 6.07. The lowest BCUT2D eigenvalue weighted by atomic mass is 9.55. The number of ketones is 1. The fraction of sp³-hybridized carbons (Fsp3) is 0.211. The smallest absolute Gasteiger partial charge is 0.308 e. The third-order valence-electron chi connectivity index (χ3n) is 8.89. The first-order valence-electron chi connectivity index (χ1n) is 15.9. The lowest BCUT2D eigenvalue weighted by molar-refractivity contribution is -0.179. The lowest BCUT2D eigenvalue weighted by Crippen LogP contribution is -2.60. The molecule has 13 heteroatoms. The first kappa shape index (κ1) is 35.8. The zero-order valence-corrected chi connectivity index (χ0v) is 28.1. The maximum absolute atomic E-state index is 13.1. The molecule has 1 aliphatic carbocycles. The quantitative estimate of drug-likeness (QED) is 0.105. The van der Waals surface area contributed by atoms with Crippen molar-refractivity contribution in [1.29, 1.82) is 0 Å². The molecule has 0 bridgehead atoms. The Bertz CT molecular complexity index is 2000. The largest absolute Gasteiger partial charge is 0.481 e. The van der Waals surface area contributed by atoms with Crippen LogP contribution in [0.4, 0.5) is 22.7 Å². The van der Waals surface area contributed by atoms with Crippen molar-refractivity contribution < 1.29 is 43.7 Å². The highest BCUT2D eigenvalue weighted by atomic mass is 16.5. The summed E-state index contributed by atoms with van der Waals surface area (Å²) >= 11 is 0. The molecule has 1 aliphatic rings. The number of carbonyl (C=O) groups excluding carboxylic acids is 4. The van der Waals surface area contributed by atoms with Gasteiger partial charge in [-0.2, -0.15) is 0 Å². The highest BCUT2D eigenvalue weighted by Gasteiger charge is 2.62. The Morgan fingerprint density at radius 3 is 1.43 bits per heavy atom. The van der Waals surface area contributed by atoms with E-state index in [4.69, 9.17) is 4.74 Å². The molecule has 1 fully saturated rings. The number of amides is 3. The predicted octanol–water partition coefficient (Wildman–Crippen LogP) is 5.82. The summed E-state index contributed by atoms with van der Waals surface area (Å²) in [5.41, 5.74) is 4.51. The molecule has 0 aliphatic heterocycles. The van der Waals surface area contributed by atoms with E-state index in [9.17, 15) is 39.0 Å². The number of rotatable bonds is 12. The minimum atomic E-state index is -1.56. The second-order valence-corrected chi connectivity index (χ2v) is 12.2. The number of nitrogens with one attached hydrogen (secondary N) is 4. The second-order valence-electron chi connectivity index (χ2n) is 12.2. The SMILES string of the molecule is CNc1ccc(C)c(NC(=O)c2ccc(Oc3ccc(C(=O)Nc4cc(NC(=O)C5C(C(C)=O)C(C(=O)O)C5C(=O)O)ccc4C)cc3)cc2)c1. The molecule has 0 spiro atoms. The van der Waals surface area contributed by atoms with E-state index in [-0.39, 0.29) is 11.6 Å². The third kappa shape index (κ3) is 7.88. The van der Waals surface area contributed by atoms with E-state index in [0.717, 1.165) is 18.2 Å². The predicted molar refractivity (Wildman–Crippen MR) is 189 cm³/mol. The Morgan fingerprint density at radius 2 is 1.00 bits per heavy atom. The molecule has 0 heterocycles. The average molecular weight is 693 g/mol. The van der Waals surface area contributed by atoms with Crippen molar-refractivity contribution in [2.24, 2.45) is 23.7 Å². The van der Waals surface area contributed by atoms with E-state index in [1.807, 2.05) is 25.1 Å². The number of hydrogen-bond acceptors (Lipinski definition) is 8. The van der Waals surface area contributed by atoms with Crippen molar-refractivity contribution in [3.05, 3.63) is 107 Å². The fourth-order valence-corrected chi connectivity index (χ4v) is 6.04. The number of carboxylic acid groups (broad SMARTS) is 2. The van der Waals surface area contributed by atoms with Crippen LogP contribution in [0.2, 0.25) is 0 Å². The van der Waals surface area contributed by atoms with Crippen LogP contribution in [0.25, 0.3) is 0 Å². The minimum absolute atomic E-state index is 0.219. The number of benzene rings is 4. The average Bonchev–Trinajstić information content (AvgIpc) is 3.06. The van der Waals surface area contributed by atoms with Gasteiger partial charge in [0.05, 0.1) is 17.8 Å². The van der Waals surface area contributed by atoms with Crippen LogP contribution < -0.4 is 26.0 Å². The molecule has 262 valence electrons. The Kier molecular flexibility index (Phi) is 10.5. The van der Waals surface area contributed by atoms with Crippen LogP contribution in [-0.4, -0.2) is 52.7 Å². The molecule has 51 heavy (non-hydrogen) atoms. The van der Waals surface area contributed by atoms with Crippen molar-refractivity contribution in [1.82, 2.24) is 0 Å². The summed E-state index contributed by atoms with van der Waals surface area (Å²) in [4.78, 5) is 74.6. The summed E-state index contributed by atoms with van der Waals surface area (Å²) in [5, 5.41) is 30.4. The van der Waals surface area contributed by atoms with Gasteiger partial charge in [-0.3, -0.25) is 28.8 Å². The van der Waals surface area contributed by atoms with Gasteiger partial charge in [-0.15, -0.1) is 0 Å². The lowest BCUT2D eigenvalue weighted by Gasteiger charge is -2.45. The van der Waals surface area contributed by atoms with Gasteiger partial charge >= 0.3 is 11.9 Å². The topological polar surface area (TPSA) is 200 Å². The molecule has 4 aromatic carbocycles. The normalized spacial score (nSPS) is 17.6. The Balaban J connectivity index is 1.20. The van der Waals surface area contributed by atoms with E-state index in [1.165, 1.54) is 6.07 Å². The van der Waals surface area contributed by atoms with Gasteiger partial charge in [-0.05, 0) is 105 Å². The summed E-state index contributed by atoms with van der Waals surface area (Å²) in [6.45, 7) is 4.78. The zero-order chi connectivity index (χ0) is 37.0. The van der Waals surface area contributed by atoms with Crippen LogP contribution >= 0.6 is 0 Å². The molecule has 1 saturated carbocycles. The number of aryl methyl sites for hydroxylation is 2. The number of Topliss-reactive ketones (excluding diaryl/α,β-unsaturated/α-hetero) is 1. The van der Waals surface area contributed by atoms with Crippen LogP contribution in [0.1, 0.15) is 38.8 Å². The Morgan fingerprint density at radius 1 is 0.569 bits per heavy atom. The van der Waals surface area contributed by atoms with Gasteiger partial charge in [0.2, 0.25) is 5.91 Å². The standard InChI is InChI=1S/C38H36N4O9/c1-19-5-11-24(39-4)17-28(19)41-34(44)22-7-13-26(14-8-22)51-27-15-9-23(10-16-27)35(45)42-29-18-25(12-6-20(29)2)40-36(46)31-30(21(3)43)32(37(47)48)33(31)38(49)50/h5-18,30-33,39H,1-4H3,(H,40,46)(H,41,44)(H,42,45)(H,47,48)(H,49,50). The van der Waals surface area contributed by atoms with Gasteiger partial charge in [-0.25, -0.2) is 0 Å². The van der Waals surface area contributed by atoms with Crippen LogP contribution in [0.15, 0.2) is 84.9 Å². The monoisotopic (exact) mass is 692 g/mol. The van der Waals surface area contributed by atoms with Crippen molar-refractivity contribution >= 4 is 58.2 Å². The Hall–Kier alpha value is -6.50. The van der Waals surface area contributed by atoms with Gasteiger partial charge in [0.15, 0.2) is 0 Å². The van der Waals surface area contributed by atoms with E-state index in [2.05, 4.69) is 21.3 Å². The number of carbonyl (C=O) groups is 6. The molecule has 4 aromatic rings. The number of aliphatic carboxylic acids is 2. The molecule has 5 rings (SSSR count). The summed E-state index contributed by atoms with van der Waals surface area (Å²) < 4.78 is 5.90. The molecule has 0 saturated heterocycles. The molecule has 0 aromatic heterocycles. The maximum Gasteiger partial charge on any atom is 0.308 e. The van der Waals surface area contributed by atoms with Crippen LogP contribution in [0.3, 0.4) is 0 Å². The number of ether oxygens (including phenoxy) is 1. The summed E-state index contributed by atoms with van der Waals surface area (Å²) in [6, 6.07) is 23.4. The van der Waals surface area contributed by atoms with Gasteiger partial charge in [-0.1, -0.05) is 12.1 Å². The fourth-order valence-electron chi connectivity index (χ4n) is 6.04. The van der Waals surface area contributed by atoms with Gasteiger partial charge in [0, 0.05) is 46.8 Å². The van der Waals surface area contributed by atoms with Crippen LogP contribution in [0.5, 0.6) is 11.5 Å². The molecule has 0 radical (unpaired) electrons. The van der Waals surface area contributed by atoms with Crippen molar-refractivity contribution in [3.63, 3.8) is 0 Å². The molecular formula is C38H36N4O9. The first-order chi connectivity index (χ1) is 24.3. The van der Waals surface area contributed by atoms with Crippen LogP contribution in [-0.2, 0) is 19.2 Å². The van der Waals surface area contributed by atoms with E-state index in [0.29, 0.717) is 39.6 Å². The number of anilines is 4. The summed E-state index contributed by atoms with van der Waals surface area (Å²) in [7, 11) is 1.80. The molecule has 4 atom stereocenters. The summed E-state index contributed by atoms with van der Waals surface area (Å²) in [6.07, 6.45) is 0. The van der Waals surface area contributed by atoms with E-state index >= 15 is 0 Å². The molecule has 4 unspecified atom stereocenters. The van der Waals surface area contributed by atoms with Gasteiger partial charge < -0.3 is 36.2 Å². The minimum Gasteiger partial charge on any atom is -0.481 e. The maximum atomic E-state index is 13.1. The van der Waals surface area contributed by atoms with E-state index < -0.39 is 53.2 Å². The third-order valence-corrected chi connectivity index (χ3v) is 8.89. The van der Waals surface area contributed by atoms with Crippen molar-refractivity contribution in [2.75, 3.05) is 28.3 Å². The van der Waals surface area contributed by atoms with E-state index in [1.54, 1.807) is 74.6 Å². The molecule has 3 amide bonds.